The van der Waals surface area contributed by atoms with Crippen LogP contribution >= 0.6 is 0 Å². The maximum atomic E-state index is 11.6. The lowest BCUT2D eigenvalue weighted by Crippen LogP contribution is -2.11. The molecule has 0 radical (unpaired) electrons. The number of rotatable bonds is 18. The Morgan fingerprint density at radius 1 is 0.732 bits per heavy atom. The van der Waals surface area contributed by atoms with Crippen LogP contribution in [-0.2, 0) is 23.9 Å². The first-order valence-corrected chi connectivity index (χ1v) is 14.6. The molecule has 2 aromatic carbocycles. The van der Waals surface area contributed by atoms with Crippen molar-refractivity contribution >= 4 is 29.5 Å². The molecule has 1 aliphatic heterocycles. The van der Waals surface area contributed by atoms with Crippen LogP contribution < -0.4 is 10.1 Å². The number of carbonyl (C=O) groups excluding carboxylic acids is 2. The molecule has 1 fully saturated rings. The molecule has 0 aromatic heterocycles. The summed E-state index contributed by atoms with van der Waals surface area (Å²) in [6, 6.07) is 16.4. The van der Waals surface area contributed by atoms with Crippen molar-refractivity contribution in [2.75, 3.05) is 11.9 Å². The average Bonchev–Trinajstić information content (AvgIpc) is 3.35. The number of amides is 1. The van der Waals surface area contributed by atoms with Gasteiger partial charge in [0.1, 0.15) is 11.5 Å². The second-order valence-electron chi connectivity index (χ2n) is 10.1. The van der Waals surface area contributed by atoms with E-state index >= 15 is 0 Å². The lowest BCUT2D eigenvalue weighted by Gasteiger charge is -2.08. The Kier molecular flexibility index (Phi) is 16.3. The summed E-state index contributed by atoms with van der Waals surface area (Å²) in [7, 11) is 0. The van der Waals surface area contributed by atoms with Gasteiger partial charge in [0, 0.05) is 24.9 Å². The van der Waals surface area contributed by atoms with Gasteiger partial charge in [-0.2, -0.15) is 0 Å². The van der Waals surface area contributed by atoms with Gasteiger partial charge < -0.3 is 25.0 Å². The first-order valence-electron chi connectivity index (χ1n) is 14.6. The third kappa shape index (κ3) is 16.1. The highest BCUT2D eigenvalue weighted by atomic mass is 16.5. The van der Waals surface area contributed by atoms with E-state index in [0.717, 1.165) is 44.3 Å². The molecule has 0 spiro atoms. The van der Waals surface area contributed by atoms with Crippen LogP contribution in [0.25, 0.3) is 0 Å². The fourth-order valence-corrected chi connectivity index (χ4v) is 4.38. The Balaban J connectivity index is 0.000000290. The van der Waals surface area contributed by atoms with Crippen LogP contribution in [0, 0.1) is 5.92 Å². The van der Waals surface area contributed by atoms with Crippen LogP contribution in [0.2, 0.25) is 0 Å². The van der Waals surface area contributed by atoms with Crippen LogP contribution in [0.5, 0.6) is 11.5 Å². The van der Waals surface area contributed by atoms with Gasteiger partial charge >= 0.3 is 17.9 Å². The van der Waals surface area contributed by atoms with Gasteiger partial charge in [-0.25, -0.2) is 0 Å². The monoisotopic (exact) mass is 569 g/mol. The summed E-state index contributed by atoms with van der Waals surface area (Å²) in [4.78, 5) is 43.5. The summed E-state index contributed by atoms with van der Waals surface area (Å²) >= 11 is 0. The summed E-state index contributed by atoms with van der Waals surface area (Å²) in [5, 5.41) is 19.7. The smallest absolute Gasteiger partial charge is 0.309 e. The molecule has 1 heterocycles. The van der Waals surface area contributed by atoms with Gasteiger partial charge in [0.2, 0.25) is 5.91 Å². The van der Waals surface area contributed by atoms with Gasteiger partial charge in [0.15, 0.2) is 0 Å². The summed E-state index contributed by atoms with van der Waals surface area (Å²) in [5.41, 5.74) is 0.653. The number of nitrogens with one attached hydrogen (secondary N) is 1. The van der Waals surface area contributed by atoms with Gasteiger partial charge in [0.05, 0.1) is 12.5 Å². The quantitative estimate of drug-likeness (QED) is 0.126. The van der Waals surface area contributed by atoms with E-state index < -0.39 is 11.9 Å². The Labute approximate surface area is 242 Å². The van der Waals surface area contributed by atoms with Crippen molar-refractivity contribution in [2.24, 2.45) is 5.92 Å². The molecular weight excluding hydrogens is 526 g/mol. The fraction of sp³-hybridized carbons (Fsp3) is 0.500. The molecule has 2 aromatic rings. The molecule has 9 nitrogen and oxygen atoms in total. The molecule has 0 aliphatic carbocycles. The topological polar surface area (TPSA) is 139 Å². The molecule has 1 saturated heterocycles. The third-order valence-electron chi connectivity index (χ3n) is 6.65. The van der Waals surface area contributed by atoms with Crippen LogP contribution in [0.4, 0.5) is 5.69 Å². The van der Waals surface area contributed by atoms with Crippen molar-refractivity contribution < 1.29 is 38.9 Å². The van der Waals surface area contributed by atoms with Gasteiger partial charge in [-0.3, -0.25) is 19.2 Å². The van der Waals surface area contributed by atoms with E-state index in [1.165, 1.54) is 25.7 Å². The highest BCUT2D eigenvalue weighted by Gasteiger charge is 2.25. The number of carboxylic acids is 2. The largest absolute Gasteiger partial charge is 0.481 e. The molecule has 1 aliphatic rings. The minimum Gasteiger partial charge on any atom is -0.481 e. The minimum absolute atomic E-state index is 0.00145. The lowest BCUT2D eigenvalue weighted by molar-refractivity contribution is -0.141. The highest BCUT2D eigenvalue weighted by Crippen LogP contribution is 2.23. The van der Waals surface area contributed by atoms with E-state index in [1.54, 1.807) is 24.3 Å². The summed E-state index contributed by atoms with van der Waals surface area (Å²) in [6.45, 7) is 0.611. The normalized spacial score (nSPS) is 14.0. The molecule has 1 unspecified atom stereocenters. The van der Waals surface area contributed by atoms with E-state index in [0.29, 0.717) is 30.9 Å². The molecule has 0 saturated carbocycles. The SMILES string of the molecule is O=C(O)CCCC(=O)Nc1ccc(Oc2ccccc2)cc1.O=C(O)CCCCCCCCCCC1CCOC1=O. The molecule has 41 heavy (non-hydrogen) atoms. The summed E-state index contributed by atoms with van der Waals surface area (Å²) < 4.78 is 10.6. The number of carbonyl (C=O) groups is 4. The first-order chi connectivity index (χ1) is 19.8. The number of cyclic esters (lactones) is 1. The Hall–Kier alpha value is -3.88. The number of hydrogen-bond donors (Lipinski definition) is 3. The number of benzene rings is 2. The number of esters is 1. The van der Waals surface area contributed by atoms with Crippen molar-refractivity contribution in [3.63, 3.8) is 0 Å². The second kappa shape index (κ2) is 20.1. The number of anilines is 1. The van der Waals surface area contributed by atoms with E-state index in [2.05, 4.69) is 5.32 Å². The molecule has 9 heteroatoms. The maximum absolute atomic E-state index is 11.6. The van der Waals surface area contributed by atoms with Crippen molar-refractivity contribution in [3.8, 4) is 11.5 Å². The molecule has 3 N–H and O–H groups in total. The molecule has 1 amide bonds. The first kappa shape index (κ1) is 33.3. The number of para-hydroxylation sites is 1. The Morgan fingerprint density at radius 2 is 1.29 bits per heavy atom. The average molecular weight is 570 g/mol. The number of ether oxygens (including phenoxy) is 2. The molecule has 224 valence electrons. The number of hydrogen-bond acceptors (Lipinski definition) is 6. The molecule has 0 bridgehead atoms. The fourth-order valence-electron chi connectivity index (χ4n) is 4.38. The van der Waals surface area contributed by atoms with Gasteiger partial charge in [-0.05, 0) is 62.1 Å². The van der Waals surface area contributed by atoms with Crippen LogP contribution in [0.15, 0.2) is 54.6 Å². The number of aliphatic carboxylic acids is 2. The molecule has 3 rings (SSSR count). The predicted molar refractivity (Wildman–Crippen MR) is 156 cm³/mol. The van der Waals surface area contributed by atoms with Crippen LogP contribution in [-0.4, -0.2) is 40.6 Å². The standard InChI is InChI=1S/C17H17NO4.C15H26O4/c19-16(7-4-8-17(20)21)18-13-9-11-15(12-10-13)22-14-5-2-1-3-6-14;16-14(17)10-8-6-4-2-1-3-5-7-9-13-11-12-19-15(13)18/h1-3,5-6,9-12H,4,7-8H2,(H,18,19)(H,20,21);13H,1-12H2,(H,16,17). The third-order valence-corrected chi connectivity index (χ3v) is 6.65. The zero-order chi connectivity index (χ0) is 29.7. The van der Waals surface area contributed by atoms with E-state index in [4.69, 9.17) is 19.7 Å². The van der Waals surface area contributed by atoms with Crippen LogP contribution in [0.1, 0.15) is 89.9 Å². The van der Waals surface area contributed by atoms with Crippen molar-refractivity contribution in [2.45, 2.75) is 89.9 Å². The second-order valence-corrected chi connectivity index (χ2v) is 10.1. The van der Waals surface area contributed by atoms with Crippen molar-refractivity contribution in [1.82, 2.24) is 0 Å². The lowest BCUT2D eigenvalue weighted by atomic mass is 9.99. The number of carboxylic acid groups (broad SMARTS) is 2. The highest BCUT2D eigenvalue weighted by molar-refractivity contribution is 5.90. The van der Waals surface area contributed by atoms with Crippen LogP contribution in [0.3, 0.4) is 0 Å². The van der Waals surface area contributed by atoms with Crippen molar-refractivity contribution in [3.05, 3.63) is 54.6 Å². The predicted octanol–water partition coefficient (Wildman–Crippen LogP) is 7.21. The molecule has 1 atom stereocenters. The van der Waals surface area contributed by atoms with E-state index in [1.807, 2.05) is 30.3 Å². The van der Waals surface area contributed by atoms with Gasteiger partial charge in [0.25, 0.3) is 0 Å². The van der Waals surface area contributed by atoms with Crippen molar-refractivity contribution in [1.29, 1.82) is 0 Å². The zero-order valence-corrected chi connectivity index (χ0v) is 23.7. The minimum atomic E-state index is -0.893. The Bertz CT molecular complexity index is 1060. The summed E-state index contributed by atoms with van der Waals surface area (Å²) in [5.74, 6) is -0.198. The van der Waals surface area contributed by atoms with Gasteiger partial charge in [-0.15, -0.1) is 0 Å². The number of unbranched alkanes of at least 4 members (excludes halogenated alkanes) is 7. The zero-order valence-electron chi connectivity index (χ0n) is 23.7. The molecular formula is C32H43NO8. The van der Waals surface area contributed by atoms with Gasteiger partial charge in [-0.1, -0.05) is 63.1 Å². The maximum Gasteiger partial charge on any atom is 0.309 e. The Morgan fingerprint density at radius 3 is 1.88 bits per heavy atom. The van der Waals surface area contributed by atoms with E-state index in [-0.39, 0.29) is 30.6 Å². The summed E-state index contributed by atoms with van der Waals surface area (Å²) in [6.07, 6.45) is 11.6. The van der Waals surface area contributed by atoms with E-state index in [9.17, 15) is 19.2 Å².